The van der Waals surface area contributed by atoms with E-state index in [2.05, 4.69) is 11.7 Å². The van der Waals surface area contributed by atoms with Crippen LogP contribution in [-0.2, 0) is 9.53 Å². The molecule has 4 fully saturated rings. The molecule has 4 aliphatic rings. The molecule has 0 saturated heterocycles. The van der Waals surface area contributed by atoms with Crippen molar-refractivity contribution in [3.63, 3.8) is 0 Å². The van der Waals surface area contributed by atoms with Crippen molar-refractivity contribution in [2.75, 3.05) is 6.61 Å². The number of hydrogen-bond donors (Lipinski definition) is 1. The van der Waals surface area contributed by atoms with Crippen molar-refractivity contribution in [3.05, 3.63) is 29.8 Å². The zero-order valence-electron chi connectivity index (χ0n) is 15.7. The Balaban J connectivity index is 1.40. The average molecular weight is 394 g/mol. The highest BCUT2D eigenvalue weighted by atomic mass is 19.3. The molecule has 0 aliphatic heterocycles. The second-order valence-electron chi connectivity index (χ2n) is 8.70. The van der Waals surface area contributed by atoms with Crippen molar-refractivity contribution in [1.29, 1.82) is 0 Å². The first-order valence-electron chi connectivity index (χ1n) is 9.75. The Bertz CT molecular complexity index is 746. The molecule has 0 unspecified atom stereocenters. The lowest BCUT2D eigenvalue weighted by Crippen LogP contribution is -2.59. The van der Waals surface area contributed by atoms with Gasteiger partial charge in [0.1, 0.15) is 11.4 Å². The smallest absolute Gasteiger partial charge is 0.378 e. The van der Waals surface area contributed by atoms with Crippen LogP contribution in [0.5, 0.6) is 5.75 Å². The number of carbonyl (C=O) groups excluding carboxylic acids is 1. The molecule has 28 heavy (non-hydrogen) atoms. The van der Waals surface area contributed by atoms with Gasteiger partial charge in [0.2, 0.25) is 0 Å². The van der Waals surface area contributed by atoms with Gasteiger partial charge in [-0.3, -0.25) is 0 Å². The predicted octanol–water partition coefficient (Wildman–Crippen LogP) is 4.16. The first kappa shape index (κ1) is 19.2. The second kappa shape index (κ2) is 6.71. The Morgan fingerprint density at radius 2 is 1.61 bits per heavy atom. The number of carbonyl (C=O) groups is 2. The summed E-state index contributed by atoms with van der Waals surface area (Å²) >= 11 is 0. The summed E-state index contributed by atoms with van der Waals surface area (Å²) in [5.41, 5.74) is -0.136. The minimum atomic E-state index is -4.10. The third-order valence-electron chi connectivity index (χ3n) is 6.88. The standard InChI is InChI=1S/C21H24F2O5/c1-20(15-7-12-6-13(9-15)10-16(20)8-12)28-17-4-2-14(3-5-17)18(24)27-11-21(22,23)19(25)26/h2-5,12-13,15-16H,6-11H2,1H3,(H,25,26). The van der Waals surface area contributed by atoms with Gasteiger partial charge in [0, 0.05) is 0 Å². The van der Waals surface area contributed by atoms with Gasteiger partial charge in [0.05, 0.1) is 5.56 Å². The predicted molar refractivity (Wildman–Crippen MR) is 95.4 cm³/mol. The van der Waals surface area contributed by atoms with E-state index in [1.807, 2.05) is 0 Å². The second-order valence-corrected chi connectivity index (χ2v) is 8.70. The lowest BCUT2D eigenvalue weighted by Gasteiger charge is -2.59. The van der Waals surface area contributed by atoms with E-state index < -0.39 is 24.5 Å². The van der Waals surface area contributed by atoms with Gasteiger partial charge in [-0.15, -0.1) is 0 Å². The molecule has 0 amide bonds. The van der Waals surface area contributed by atoms with Crippen LogP contribution in [0.25, 0.3) is 0 Å². The van der Waals surface area contributed by atoms with E-state index in [1.54, 1.807) is 12.1 Å². The molecule has 0 spiro atoms. The van der Waals surface area contributed by atoms with Gasteiger partial charge in [0.15, 0.2) is 6.61 Å². The monoisotopic (exact) mass is 394 g/mol. The molecule has 1 N–H and O–H groups in total. The van der Waals surface area contributed by atoms with E-state index in [0.29, 0.717) is 17.6 Å². The van der Waals surface area contributed by atoms with Gasteiger partial charge < -0.3 is 14.6 Å². The highest BCUT2D eigenvalue weighted by molar-refractivity contribution is 5.89. The fourth-order valence-electron chi connectivity index (χ4n) is 5.50. The van der Waals surface area contributed by atoms with Gasteiger partial charge in [-0.1, -0.05) is 0 Å². The molecule has 152 valence electrons. The van der Waals surface area contributed by atoms with Crippen molar-refractivity contribution >= 4 is 11.9 Å². The molecule has 1 aromatic rings. The molecular weight excluding hydrogens is 370 g/mol. The van der Waals surface area contributed by atoms with Gasteiger partial charge in [-0.2, -0.15) is 8.78 Å². The molecule has 5 nitrogen and oxygen atoms in total. The van der Waals surface area contributed by atoms with Crippen molar-refractivity contribution in [3.8, 4) is 5.75 Å². The molecule has 4 saturated carbocycles. The molecule has 4 bridgehead atoms. The number of halogens is 2. The van der Waals surface area contributed by atoms with Crippen LogP contribution in [0.3, 0.4) is 0 Å². The third kappa shape index (κ3) is 3.35. The topological polar surface area (TPSA) is 72.8 Å². The number of esters is 1. The quantitative estimate of drug-likeness (QED) is 0.734. The van der Waals surface area contributed by atoms with Gasteiger partial charge in [0.25, 0.3) is 0 Å². The van der Waals surface area contributed by atoms with E-state index >= 15 is 0 Å². The molecule has 0 radical (unpaired) electrons. The first-order valence-corrected chi connectivity index (χ1v) is 9.75. The summed E-state index contributed by atoms with van der Waals surface area (Å²) in [7, 11) is 0. The van der Waals surface area contributed by atoms with Gasteiger partial charge in [-0.25, -0.2) is 9.59 Å². The van der Waals surface area contributed by atoms with Crippen molar-refractivity contribution < 1.29 is 33.0 Å². The summed E-state index contributed by atoms with van der Waals surface area (Å²) in [6.45, 7) is 0.694. The SMILES string of the molecule is CC1(Oc2ccc(C(=O)OCC(F)(F)C(=O)O)cc2)C2CC3CC(C2)CC1C3. The zero-order chi connectivity index (χ0) is 20.1. The van der Waals surface area contributed by atoms with Crippen LogP contribution in [0.4, 0.5) is 8.78 Å². The molecule has 4 aliphatic carbocycles. The minimum absolute atomic E-state index is 0.0729. The van der Waals surface area contributed by atoms with Gasteiger partial charge in [-0.05, 0) is 87.0 Å². The molecular formula is C21H24F2O5. The van der Waals surface area contributed by atoms with Gasteiger partial charge >= 0.3 is 17.9 Å². The van der Waals surface area contributed by atoms with Crippen LogP contribution in [0, 0.1) is 23.7 Å². The number of benzene rings is 1. The molecule has 7 heteroatoms. The normalized spacial score (nSPS) is 33.5. The zero-order valence-corrected chi connectivity index (χ0v) is 15.7. The third-order valence-corrected chi connectivity index (χ3v) is 6.88. The van der Waals surface area contributed by atoms with Crippen LogP contribution in [0.2, 0.25) is 0 Å². The highest BCUT2D eigenvalue weighted by Crippen LogP contribution is 2.59. The molecule has 0 heterocycles. The summed E-state index contributed by atoms with van der Waals surface area (Å²) in [5.74, 6) is -4.02. The maximum atomic E-state index is 13.0. The van der Waals surface area contributed by atoms with Crippen LogP contribution in [0.15, 0.2) is 24.3 Å². The summed E-state index contributed by atoms with van der Waals surface area (Å²) in [4.78, 5) is 22.3. The Kier molecular flexibility index (Phi) is 4.59. The molecule has 0 aromatic heterocycles. The van der Waals surface area contributed by atoms with E-state index in [4.69, 9.17) is 9.84 Å². The van der Waals surface area contributed by atoms with E-state index in [-0.39, 0.29) is 11.2 Å². The summed E-state index contributed by atoms with van der Waals surface area (Å²) in [5, 5.41) is 8.37. The van der Waals surface area contributed by atoms with Crippen molar-refractivity contribution in [2.45, 2.75) is 50.6 Å². The fourth-order valence-corrected chi connectivity index (χ4v) is 5.50. The largest absolute Gasteiger partial charge is 0.487 e. The number of carboxylic acids is 1. The number of aliphatic carboxylic acids is 1. The Morgan fingerprint density at radius 3 is 2.11 bits per heavy atom. The fraction of sp³-hybridized carbons (Fsp3) is 0.619. The van der Waals surface area contributed by atoms with Crippen LogP contribution in [-0.4, -0.2) is 35.2 Å². The number of carboxylic acid groups (broad SMARTS) is 1. The molecule has 0 atom stereocenters. The van der Waals surface area contributed by atoms with E-state index in [0.717, 1.165) is 11.8 Å². The Labute approximate surface area is 162 Å². The number of ether oxygens (including phenoxy) is 2. The summed E-state index contributed by atoms with van der Waals surface area (Å²) in [6, 6.07) is 6.19. The van der Waals surface area contributed by atoms with Crippen LogP contribution >= 0.6 is 0 Å². The van der Waals surface area contributed by atoms with Crippen LogP contribution in [0.1, 0.15) is 49.4 Å². The first-order chi connectivity index (χ1) is 13.2. The van der Waals surface area contributed by atoms with E-state index in [9.17, 15) is 18.4 Å². The van der Waals surface area contributed by atoms with Crippen LogP contribution < -0.4 is 4.74 Å². The minimum Gasteiger partial charge on any atom is -0.487 e. The molecule has 1 aromatic carbocycles. The number of rotatable bonds is 6. The lowest BCUT2D eigenvalue weighted by molar-refractivity contribution is -0.170. The summed E-state index contributed by atoms with van der Waals surface area (Å²) in [6.07, 6.45) is 6.22. The Hall–Kier alpha value is -2.18. The molecule has 5 rings (SSSR count). The maximum absolute atomic E-state index is 13.0. The maximum Gasteiger partial charge on any atom is 0.378 e. The lowest BCUT2D eigenvalue weighted by atomic mass is 9.50. The highest BCUT2D eigenvalue weighted by Gasteiger charge is 2.56. The van der Waals surface area contributed by atoms with Crippen molar-refractivity contribution in [1.82, 2.24) is 0 Å². The summed E-state index contributed by atoms with van der Waals surface area (Å²) < 4.78 is 36.9. The Morgan fingerprint density at radius 1 is 1.07 bits per heavy atom. The van der Waals surface area contributed by atoms with Crippen molar-refractivity contribution in [2.24, 2.45) is 23.7 Å². The average Bonchev–Trinajstić information content (AvgIpc) is 2.64. The van der Waals surface area contributed by atoms with E-state index in [1.165, 1.54) is 44.2 Å². The number of hydrogen-bond acceptors (Lipinski definition) is 4. The number of alkyl halides is 2.